The van der Waals surface area contributed by atoms with Crippen LogP contribution >= 0.6 is 0 Å². The third-order valence-electron chi connectivity index (χ3n) is 2.21. The lowest BCUT2D eigenvalue weighted by Gasteiger charge is -2.45. The molecule has 1 saturated heterocycles. The first-order chi connectivity index (χ1) is 4.80. The molecule has 2 heterocycles. The minimum atomic E-state index is -0.218. The van der Waals surface area contributed by atoms with Crippen LogP contribution in [-0.2, 0) is 4.79 Å². The van der Waals surface area contributed by atoms with Crippen LogP contribution in [0.4, 0.5) is 0 Å². The molecule has 1 amide bonds. The van der Waals surface area contributed by atoms with Gasteiger partial charge in [0.15, 0.2) is 0 Å². The quantitative estimate of drug-likeness (QED) is 0.472. The fraction of sp³-hybridized carbons (Fsp3) is 0.571. The van der Waals surface area contributed by atoms with Gasteiger partial charge in [0, 0.05) is 6.20 Å². The van der Waals surface area contributed by atoms with Crippen LogP contribution in [0.25, 0.3) is 0 Å². The number of fused-ring (bicyclic) bond motifs is 1. The number of rotatable bonds is 0. The van der Waals surface area contributed by atoms with Crippen molar-refractivity contribution in [3.63, 3.8) is 0 Å². The van der Waals surface area contributed by atoms with Crippen molar-refractivity contribution in [3.8, 4) is 0 Å². The lowest BCUT2D eigenvalue weighted by molar-refractivity contribution is -0.145. The molecule has 3 heteroatoms. The van der Waals surface area contributed by atoms with Crippen molar-refractivity contribution < 1.29 is 4.79 Å². The van der Waals surface area contributed by atoms with Crippen molar-refractivity contribution >= 4 is 5.91 Å². The molecule has 0 unspecified atom stereocenters. The van der Waals surface area contributed by atoms with E-state index in [9.17, 15) is 4.79 Å². The smallest absolute Gasteiger partial charge is 0.245 e. The first kappa shape index (κ1) is 5.92. The Kier molecular flexibility index (Phi) is 1.08. The molecular weight excluding hydrogens is 128 g/mol. The molecule has 0 aromatic rings. The van der Waals surface area contributed by atoms with Gasteiger partial charge < -0.3 is 10.6 Å². The highest BCUT2D eigenvalue weighted by Gasteiger charge is 2.43. The first-order valence-electron chi connectivity index (χ1n) is 3.55. The lowest BCUT2D eigenvalue weighted by Crippen LogP contribution is -2.66. The first-order valence-corrected chi connectivity index (χ1v) is 3.55. The van der Waals surface area contributed by atoms with Gasteiger partial charge in [-0.2, -0.15) is 0 Å². The summed E-state index contributed by atoms with van der Waals surface area (Å²) < 4.78 is 0. The number of amides is 1. The molecule has 0 aromatic heterocycles. The number of allylic oxidation sites excluding steroid dienone is 1. The molecule has 54 valence electrons. The molecule has 1 fully saturated rings. The summed E-state index contributed by atoms with van der Waals surface area (Å²) in [6.07, 6.45) is 5.95. The summed E-state index contributed by atoms with van der Waals surface area (Å²) in [5.74, 6) is 0.0703. The number of hydrogen-bond donors (Lipinski definition) is 1. The fourth-order valence-electron chi connectivity index (χ4n) is 1.55. The second-order valence-electron chi connectivity index (χ2n) is 2.80. The molecule has 2 atom stereocenters. The van der Waals surface area contributed by atoms with Crippen molar-refractivity contribution in [2.75, 3.05) is 0 Å². The van der Waals surface area contributed by atoms with E-state index in [-0.39, 0.29) is 11.9 Å². The van der Waals surface area contributed by atoms with E-state index in [0.29, 0.717) is 6.04 Å². The number of carbonyl (C=O) groups excluding carboxylic acids is 1. The maximum absolute atomic E-state index is 10.9. The number of hydrogen-bond acceptors (Lipinski definition) is 2. The topological polar surface area (TPSA) is 46.3 Å². The molecule has 0 aliphatic carbocycles. The second kappa shape index (κ2) is 1.83. The maximum Gasteiger partial charge on any atom is 0.245 e. The van der Waals surface area contributed by atoms with Gasteiger partial charge in [-0.1, -0.05) is 6.08 Å². The number of carbonyl (C=O) groups is 1. The summed E-state index contributed by atoms with van der Waals surface area (Å²) in [6.45, 7) is 0. The van der Waals surface area contributed by atoms with Gasteiger partial charge in [-0.25, -0.2) is 0 Å². The average Bonchev–Trinajstić information content (AvgIpc) is 2.03. The Hall–Kier alpha value is -0.830. The van der Waals surface area contributed by atoms with E-state index in [1.54, 1.807) is 4.90 Å². The minimum absolute atomic E-state index is 0.0703. The molecular formula is C7H10N2O. The Labute approximate surface area is 59.5 Å². The van der Waals surface area contributed by atoms with Crippen LogP contribution in [0.3, 0.4) is 0 Å². The van der Waals surface area contributed by atoms with Gasteiger partial charge >= 0.3 is 0 Å². The maximum atomic E-state index is 10.9. The lowest BCUT2D eigenvalue weighted by atomic mass is 9.90. The molecule has 0 aromatic carbocycles. The van der Waals surface area contributed by atoms with Gasteiger partial charge in [0.1, 0.15) is 6.04 Å². The highest BCUT2D eigenvalue weighted by atomic mass is 16.2. The third kappa shape index (κ3) is 0.555. The Balaban J connectivity index is 2.18. The van der Waals surface area contributed by atoms with E-state index in [0.717, 1.165) is 12.8 Å². The van der Waals surface area contributed by atoms with Gasteiger partial charge in [0.05, 0.1) is 6.04 Å². The highest BCUT2D eigenvalue weighted by molar-refractivity contribution is 5.90. The van der Waals surface area contributed by atoms with Crippen molar-refractivity contribution in [1.29, 1.82) is 0 Å². The van der Waals surface area contributed by atoms with Crippen LogP contribution in [0.5, 0.6) is 0 Å². The van der Waals surface area contributed by atoms with Crippen LogP contribution in [0.15, 0.2) is 12.3 Å². The summed E-state index contributed by atoms with van der Waals surface area (Å²) in [7, 11) is 0. The monoisotopic (exact) mass is 138 g/mol. The molecule has 2 N–H and O–H groups in total. The molecule has 0 radical (unpaired) electrons. The van der Waals surface area contributed by atoms with Gasteiger partial charge in [-0.05, 0) is 12.8 Å². The van der Waals surface area contributed by atoms with E-state index >= 15 is 0 Å². The van der Waals surface area contributed by atoms with E-state index in [4.69, 9.17) is 5.73 Å². The third-order valence-corrected chi connectivity index (χ3v) is 2.21. The summed E-state index contributed by atoms with van der Waals surface area (Å²) in [6, 6.07) is 0.0856. The average molecular weight is 138 g/mol. The standard InChI is InChI=1S/C7H10N2O/c8-6-5-3-1-2-4-9(5)7(6)10/h2,4-6H,1,3,8H2/t5-,6-/m0/s1. The molecule has 2 aliphatic heterocycles. The molecule has 0 bridgehead atoms. The van der Waals surface area contributed by atoms with Gasteiger partial charge in [0.2, 0.25) is 5.91 Å². The zero-order chi connectivity index (χ0) is 7.14. The van der Waals surface area contributed by atoms with Crippen LogP contribution in [0, 0.1) is 0 Å². The normalized spacial score (nSPS) is 37.3. The predicted octanol–water partition coefficient (Wildman–Crippen LogP) is -0.168. The Morgan fingerprint density at radius 3 is 3.20 bits per heavy atom. The van der Waals surface area contributed by atoms with Crippen molar-refractivity contribution in [2.24, 2.45) is 5.73 Å². The Bertz CT molecular complexity index is 200. The number of β-lactam (4-membered cyclic amide) rings is 1. The molecule has 2 rings (SSSR count). The van der Waals surface area contributed by atoms with Gasteiger partial charge in [0.25, 0.3) is 0 Å². The SMILES string of the molecule is N[C@@H]1C(=O)N2C=CCC[C@@H]12. The zero-order valence-corrected chi connectivity index (χ0v) is 5.66. The minimum Gasteiger partial charge on any atom is -0.318 e. The summed E-state index contributed by atoms with van der Waals surface area (Å²) in [5, 5.41) is 0. The van der Waals surface area contributed by atoms with Crippen molar-refractivity contribution in [1.82, 2.24) is 4.90 Å². The van der Waals surface area contributed by atoms with E-state index in [1.165, 1.54) is 0 Å². The zero-order valence-electron chi connectivity index (χ0n) is 5.66. The van der Waals surface area contributed by atoms with E-state index < -0.39 is 0 Å². The molecule has 10 heavy (non-hydrogen) atoms. The van der Waals surface area contributed by atoms with Gasteiger partial charge in [-0.3, -0.25) is 4.79 Å². The fourth-order valence-corrected chi connectivity index (χ4v) is 1.55. The number of nitrogens with two attached hydrogens (primary N) is 1. The van der Waals surface area contributed by atoms with Crippen LogP contribution in [0.1, 0.15) is 12.8 Å². The summed E-state index contributed by atoms with van der Waals surface area (Å²) in [5.41, 5.74) is 5.55. The van der Waals surface area contributed by atoms with Crippen LogP contribution in [-0.4, -0.2) is 22.9 Å². The second-order valence-corrected chi connectivity index (χ2v) is 2.80. The highest BCUT2D eigenvalue weighted by Crippen LogP contribution is 2.26. The molecule has 0 spiro atoms. The number of nitrogens with zero attached hydrogens (tertiary/aromatic N) is 1. The molecule has 3 nitrogen and oxygen atoms in total. The molecule has 2 aliphatic rings. The summed E-state index contributed by atoms with van der Waals surface area (Å²) in [4.78, 5) is 12.7. The summed E-state index contributed by atoms with van der Waals surface area (Å²) >= 11 is 0. The van der Waals surface area contributed by atoms with Gasteiger partial charge in [-0.15, -0.1) is 0 Å². The van der Waals surface area contributed by atoms with Crippen LogP contribution < -0.4 is 5.73 Å². The van der Waals surface area contributed by atoms with E-state index in [1.807, 2.05) is 12.3 Å². The Morgan fingerprint density at radius 2 is 2.50 bits per heavy atom. The van der Waals surface area contributed by atoms with E-state index in [2.05, 4.69) is 0 Å². The van der Waals surface area contributed by atoms with Crippen molar-refractivity contribution in [2.45, 2.75) is 24.9 Å². The molecule has 0 saturated carbocycles. The van der Waals surface area contributed by atoms with Crippen LogP contribution in [0.2, 0.25) is 0 Å². The largest absolute Gasteiger partial charge is 0.318 e. The Morgan fingerprint density at radius 1 is 1.70 bits per heavy atom. The predicted molar refractivity (Wildman–Crippen MR) is 37.0 cm³/mol. The van der Waals surface area contributed by atoms with Crippen molar-refractivity contribution in [3.05, 3.63) is 12.3 Å².